The second kappa shape index (κ2) is 16.5. The zero-order chi connectivity index (χ0) is 41.3. The van der Waals surface area contributed by atoms with Crippen LogP contribution >= 0.6 is 0 Å². The molecule has 0 bridgehead atoms. The molecule has 0 radical (unpaired) electrons. The second-order valence-corrected chi connectivity index (χ2v) is 14.5. The van der Waals surface area contributed by atoms with Gasteiger partial charge in [0.15, 0.2) is 0 Å². The van der Waals surface area contributed by atoms with Gasteiger partial charge in [-0.05, 0) is 38.4 Å². The van der Waals surface area contributed by atoms with Gasteiger partial charge in [-0.3, -0.25) is 0 Å². The van der Waals surface area contributed by atoms with Crippen LogP contribution in [0.1, 0.15) is 0 Å². The number of benzene rings is 4. The minimum atomic E-state index is 0. The van der Waals surface area contributed by atoms with Gasteiger partial charge < -0.3 is 38.2 Å². The number of rotatable bonds is 8. The summed E-state index contributed by atoms with van der Waals surface area (Å²) in [5.41, 5.74) is 4.87. The largest absolute Gasteiger partial charge is 0.509 e. The molecule has 0 aliphatic carbocycles. The van der Waals surface area contributed by atoms with E-state index >= 15 is 0 Å². The molecule has 16 heteroatoms. The first-order valence-electron chi connectivity index (χ1n) is 19.6. The average molecular weight is 1200 g/mol. The summed E-state index contributed by atoms with van der Waals surface area (Å²) in [4.78, 5) is 35.5. The van der Waals surface area contributed by atoms with Gasteiger partial charge in [-0.15, -0.1) is 74.0 Å². The average Bonchev–Trinajstić information content (AvgIpc) is 4.04. The number of hydrogen-bond acceptors (Lipinski definition) is 12. The fraction of sp³-hybridized carbons (Fsp3) is 0.0417. The molecule has 64 heavy (non-hydrogen) atoms. The van der Waals surface area contributed by atoms with Crippen LogP contribution in [0.4, 0.5) is 34.6 Å². The predicted molar refractivity (Wildman–Crippen MR) is 235 cm³/mol. The Morgan fingerprint density at radius 3 is 1.27 bits per heavy atom. The quantitative estimate of drug-likeness (QED) is 0.135. The summed E-state index contributed by atoms with van der Waals surface area (Å²) >= 11 is 0. The van der Waals surface area contributed by atoms with Gasteiger partial charge in [-0.1, -0.05) is 45.3 Å². The molecule has 4 aromatic carbocycles. The molecule has 0 unspecified atom stereocenters. The van der Waals surface area contributed by atoms with Crippen molar-refractivity contribution in [1.29, 1.82) is 0 Å². The smallest absolute Gasteiger partial charge is 0.143 e. The van der Waals surface area contributed by atoms with Crippen LogP contribution in [0.25, 0.3) is 44.5 Å². The maximum absolute atomic E-state index is 6.51. The van der Waals surface area contributed by atoms with E-state index in [1.807, 2.05) is 144 Å². The first-order chi connectivity index (χ1) is 30.6. The van der Waals surface area contributed by atoms with Crippen LogP contribution in [0.5, 0.6) is 23.0 Å². The van der Waals surface area contributed by atoms with Crippen molar-refractivity contribution in [2.45, 2.75) is 0 Å². The number of pyridine rings is 2. The van der Waals surface area contributed by atoms with E-state index in [-0.39, 0.29) is 42.1 Å². The summed E-state index contributed by atoms with van der Waals surface area (Å²) in [7, 11) is 3.87. The first kappa shape index (κ1) is 40.9. The van der Waals surface area contributed by atoms with Gasteiger partial charge in [0.25, 0.3) is 0 Å². The molecule has 0 fully saturated rings. The van der Waals surface area contributed by atoms with Gasteiger partial charge in [0.05, 0.1) is 0 Å². The predicted octanol–water partition coefficient (Wildman–Crippen LogP) is 9.29. The molecule has 0 amide bonds. The molecule has 2 aliphatic rings. The van der Waals surface area contributed by atoms with Crippen LogP contribution in [0.2, 0.25) is 0 Å². The van der Waals surface area contributed by atoms with Crippen molar-refractivity contribution in [3.05, 3.63) is 172 Å². The van der Waals surface area contributed by atoms with Crippen LogP contribution in [-0.2, 0) is 42.1 Å². The Hall–Kier alpha value is -7.14. The molecular weight excluding hydrogens is 1170 g/mol. The van der Waals surface area contributed by atoms with Crippen molar-refractivity contribution in [3.8, 4) is 34.6 Å². The molecule has 320 valence electrons. The number of fused-ring (bicyclic) bond motifs is 7. The van der Waals surface area contributed by atoms with Crippen molar-refractivity contribution in [2.24, 2.45) is 0 Å². The zero-order valence-corrected chi connectivity index (χ0v) is 38.2. The summed E-state index contributed by atoms with van der Waals surface area (Å²) < 4.78 is 17.2. The number of anilines is 6. The van der Waals surface area contributed by atoms with E-state index in [4.69, 9.17) is 19.4 Å². The van der Waals surface area contributed by atoms with Gasteiger partial charge in [-0.2, -0.15) is 24.3 Å². The Morgan fingerprint density at radius 1 is 0.422 bits per heavy atom. The summed E-state index contributed by atoms with van der Waals surface area (Å²) in [5.74, 6) is 6.42. The monoisotopic (exact) mass is 1200 g/mol. The van der Waals surface area contributed by atoms with Crippen molar-refractivity contribution in [1.82, 2.24) is 39.0 Å². The first-order valence-corrected chi connectivity index (χ1v) is 19.6. The number of ether oxygens (including phenoxy) is 2. The van der Waals surface area contributed by atoms with Gasteiger partial charge >= 0.3 is 0 Å². The molecule has 2 aliphatic heterocycles. The molecule has 12 rings (SSSR count). The number of nitrogens with zero attached hydrogens (tertiary/aromatic N) is 12. The maximum atomic E-state index is 6.51. The summed E-state index contributed by atoms with van der Waals surface area (Å²) in [6.07, 6.45) is 10.3. The third-order valence-electron chi connectivity index (χ3n) is 10.7. The fourth-order valence-corrected chi connectivity index (χ4v) is 8.05. The van der Waals surface area contributed by atoms with Crippen molar-refractivity contribution < 1.29 is 51.6 Å². The van der Waals surface area contributed by atoms with Crippen molar-refractivity contribution in [3.63, 3.8) is 0 Å². The normalized spacial score (nSPS) is 13.0. The van der Waals surface area contributed by atoms with Gasteiger partial charge in [0.2, 0.25) is 0 Å². The van der Waals surface area contributed by atoms with Gasteiger partial charge in [-0.25, -0.2) is 29.9 Å². The fourth-order valence-electron chi connectivity index (χ4n) is 8.05. The van der Waals surface area contributed by atoms with E-state index < -0.39 is 0 Å². The Morgan fingerprint density at radius 2 is 0.844 bits per heavy atom. The van der Waals surface area contributed by atoms with E-state index in [1.165, 1.54) is 0 Å². The summed E-state index contributed by atoms with van der Waals surface area (Å²) in [5, 5.41) is 1.82. The van der Waals surface area contributed by atoms with Crippen LogP contribution in [0.3, 0.4) is 0 Å². The minimum Gasteiger partial charge on any atom is -0.509 e. The third-order valence-corrected chi connectivity index (χ3v) is 10.7. The van der Waals surface area contributed by atoms with Crippen LogP contribution in [0.15, 0.2) is 134 Å². The Bertz CT molecular complexity index is 3130. The molecule has 0 N–H and O–H groups in total. The van der Waals surface area contributed by atoms with Crippen LogP contribution < -0.4 is 29.1 Å². The van der Waals surface area contributed by atoms with Crippen molar-refractivity contribution in [2.75, 3.05) is 33.7 Å². The van der Waals surface area contributed by atoms with Crippen LogP contribution in [0, 0.1) is 37.6 Å². The molecule has 0 atom stereocenters. The third kappa shape index (κ3) is 6.81. The standard InChI is InChI=1S/C48H30N12O2.2Pt/c1-55-29-57(47-45(55)51-21-23-53-47)31-9-7-11-33(25-31)61-35-15-17-37-39(27-35)59(41-13-3-5-19-49-41)44-38-18-16-36(28-40(38)60(43(37)44)42-14-4-6-20-50-42)62-34-12-8-10-32(26-34)58-30-56(2)46-48(58)54-24-22-52-46;;/h3-24,29-30H,1-2H3;;/q-6;;. The molecule has 0 saturated carbocycles. The Balaban J connectivity index is 0.00000242. The van der Waals surface area contributed by atoms with E-state index in [2.05, 4.69) is 53.3 Å². The second-order valence-electron chi connectivity index (χ2n) is 14.5. The molecule has 14 nitrogen and oxygen atoms in total. The molecule has 10 aromatic rings. The minimum absolute atomic E-state index is 0. The maximum Gasteiger partial charge on any atom is 0.143 e. The van der Waals surface area contributed by atoms with E-state index in [0.29, 0.717) is 46.3 Å². The van der Waals surface area contributed by atoms with Gasteiger partial charge in [0, 0.05) is 113 Å². The molecule has 6 aromatic heterocycles. The number of aromatic nitrogens is 8. The topological polar surface area (TPSA) is 119 Å². The van der Waals surface area contributed by atoms with Crippen molar-refractivity contribution >= 4 is 67.5 Å². The zero-order valence-electron chi connectivity index (χ0n) is 33.7. The molecule has 8 heterocycles. The summed E-state index contributed by atoms with van der Waals surface area (Å²) in [6, 6.07) is 45.2. The van der Waals surface area contributed by atoms with E-state index in [1.54, 1.807) is 37.2 Å². The Labute approximate surface area is 395 Å². The molecule has 0 saturated heterocycles. The van der Waals surface area contributed by atoms with E-state index in [9.17, 15) is 0 Å². The van der Waals surface area contributed by atoms with Crippen LogP contribution in [-0.4, -0.2) is 53.1 Å². The molecular formula is C48H30N12O2Pt2-6. The number of hydrogen-bond donors (Lipinski definition) is 0. The Kier molecular flexibility index (Phi) is 10.6. The summed E-state index contributed by atoms with van der Waals surface area (Å²) in [6.45, 7) is 3.85. The van der Waals surface area contributed by atoms with E-state index in [0.717, 1.165) is 55.8 Å². The van der Waals surface area contributed by atoms with Gasteiger partial charge in [0.1, 0.15) is 34.9 Å². The molecule has 0 spiro atoms. The SMILES string of the molecule is CN1[CH-]N(c2[c-]c(Oc3[c-]c4c(cc3)c3c(c5ccc(Oc6[c-]c(N7[CH-]N(C)c8nccnc87)ccc6)[c-]c5n3-c3ccccn3)n4-c3ccccn3)ccc2)c2nccnc21.[Pt].[Pt].